The number of hydrogen-bond donors (Lipinski definition) is 2. The number of H-pyrrole nitrogens is 2. The van der Waals surface area contributed by atoms with Crippen molar-refractivity contribution < 1.29 is 9.53 Å². The molecule has 0 saturated carbocycles. The Morgan fingerprint density at radius 1 is 1.40 bits per heavy atom. The van der Waals surface area contributed by atoms with Crippen molar-refractivity contribution in [1.29, 1.82) is 0 Å². The van der Waals surface area contributed by atoms with E-state index < -0.39 is 11.2 Å². The highest BCUT2D eigenvalue weighted by Gasteiger charge is 2.11. The third-order valence-electron chi connectivity index (χ3n) is 2.58. The summed E-state index contributed by atoms with van der Waals surface area (Å²) in [6.07, 6.45) is 0.255. The van der Waals surface area contributed by atoms with Crippen molar-refractivity contribution in [3.63, 3.8) is 0 Å². The number of aromatic amines is 2. The largest absolute Gasteiger partial charge is 0.466 e. The van der Waals surface area contributed by atoms with Crippen molar-refractivity contribution in [1.82, 2.24) is 19.5 Å². The number of esters is 1. The summed E-state index contributed by atoms with van der Waals surface area (Å²) in [6.45, 7) is 2.10. The Kier molecular flexibility index (Phi) is 4.28. The van der Waals surface area contributed by atoms with E-state index >= 15 is 0 Å². The van der Waals surface area contributed by atoms with E-state index in [2.05, 4.69) is 15.0 Å². The van der Waals surface area contributed by atoms with Crippen molar-refractivity contribution in [2.45, 2.75) is 18.5 Å². The van der Waals surface area contributed by atoms with Crippen LogP contribution in [0.15, 0.2) is 14.7 Å². The van der Waals surface area contributed by atoms with Crippen molar-refractivity contribution in [2.75, 3.05) is 12.4 Å². The number of imidazole rings is 1. The van der Waals surface area contributed by atoms with Gasteiger partial charge >= 0.3 is 11.7 Å². The topological polar surface area (TPSA) is 110 Å². The Bertz CT molecular complexity index is 745. The van der Waals surface area contributed by atoms with Gasteiger partial charge in [-0.25, -0.2) is 9.78 Å². The van der Waals surface area contributed by atoms with E-state index in [1.807, 2.05) is 0 Å². The van der Waals surface area contributed by atoms with Crippen LogP contribution in [0.25, 0.3) is 11.2 Å². The molecule has 0 aromatic carbocycles. The van der Waals surface area contributed by atoms with Crippen LogP contribution < -0.4 is 11.2 Å². The maximum atomic E-state index is 11.6. The monoisotopic (exact) mass is 298 g/mol. The van der Waals surface area contributed by atoms with Crippen LogP contribution in [0.5, 0.6) is 0 Å². The van der Waals surface area contributed by atoms with E-state index in [-0.39, 0.29) is 23.6 Å². The minimum absolute atomic E-state index is 0.241. The fraction of sp³-hybridized carbons (Fsp3) is 0.455. The summed E-state index contributed by atoms with van der Waals surface area (Å²) in [7, 11) is 1.52. The van der Waals surface area contributed by atoms with Gasteiger partial charge in [0.2, 0.25) is 0 Å². The van der Waals surface area contributed by atoms with Crippen molar-refractivity contribution in [2.24, 2.45) is 7.05 Å². The van der Waals surface area contributed by atoms with Crippen LogP contribution in [-0.2, 0) is 16.6 Å². The van der Waals surface area contributed by atoms with Gasteiger partial charge in [-0.3, -0.25) is 19.1 Å². The molecule has 8 nitrogen and oxygen atoms in total. The standard InChI is InChI=1S/C11H14N4O4S/c1-3-19-6(16)4-5-20-10-12-7-8(13-10)15(2)11(18)14-9(7)17/h3-5H2,1-2H3,(H,12,13)(H,14,17,18). The predicted molar refractivity (Wildman–Crippen MR) is 73.9 cm³/mol. The Labute approximate surface area is 117 Å². The molecule has 2 rings (SSSR count). The molecule has 2 aromatic heterocycles. The van der Waals surface area contributed by atoms with Crippen LogP contribution in [0, 0.1) is 0 Å². The molecule has 0 unspecified atom stereocenters. The molecule has 0 radical (unpaired) electrons. The van der Waals surface area contributed by atoms with Crippen LogP contribution in [0.4, 0.5) is 0 Å². The van der Waals surface area contributed by atoms with Crippen LogP contribution in [0.2, 0.25) is 0 Å². The van der Waals surface area contributed by atoms with Crippen LogP contribution in [-0.4, -0.2) is 37.8 Å². The summed E-state index contributed by atoms with van der Waals surface area (Å²) in [5, 5.41) is 0.482. The first-order valence-electron chi connectivity index (χ1n) is 6.00. The third-order valence-corrected chi connectivity index (χ3v) is 3.46. The lowest BCUT2D eigenvalue weighted by atomic mass is 10.5. The molecule has 0 aliphatic heterocycles. The SMILES string of the molecule is CCOC(=O)CCSc1nc2c([nH]1)c(=O)[nH]c(=O)n2C. The van der Waals surface area contributed by atoms with E-state index in [0.717, 1.165) is 0 Å². The zero-order chi connectivity index (χ0) is 14.7. The Balaban J connectivity index is 2.15. The number of aryl methyl sites for hydroxylation is 1. The van der Waals surface area contributed by atoms with E-state index in [0.29, 0.717) is 17.5 Å². The van der Waals surface area contributed by atoms with Crippen LogP contribution in [0.1, 0.15) is 13.3 Å². The molecule has 0 fully saturated rings. The molecule has 0 aliphatic rings. The van der Waals surface area contributed by atoms with Gasteiger partial charge in [-0.1, -0.05) is 11.8 Å². The second-order valence-corrected chi connectivity index (χ2v) is 5.05. The molecule has 0 atom stereocenters. The van der Waals surface area contributed by atoms with Gasteiger partial charge in [0.25, 0.3) is 5.56 Å². The maximum absolute atomic E-state index is 11.6. The fourth-order valence-corrected chi connectivity index (χ4v) is 2.40. The summed E-state index contributed by atoms with van der Waals surface area (Å²) in [6, 6.07) is 0. The normalized spacial score (nSPS) is 10.9. The lowest BCUT2D eigenvalue weighted by Crippen LogP contribution is -2.28. The molecule has 9 heteroatoms. The lowest BCUT2D eigenvalue weighted by Gasteiger charge is -1.99. The minimum atomic E-state index is -0.517. The number of fused-ring (bicyclic) bond motifs is 1. The highest BCUT2D eigenvalue weighted by atomic mass is 32.2. The number of thioether (sulfide) groups is 1. The summed E-state index contributed by atoms with van der Waals surface area (Å²) in [4.78, 5) is 43.4. The average Bonchev–Trinajstić information content (AvgIpc) is 2.81. The quantitative estimate of drug-likeness (QED) is 0.593. The number of aromatic nitrogens is 4. The molecule has 0 amide bonds. The smallest absolute Gasteiger partial charge is 0.329 e. The van der Waals surface area contributed by atoms with E-state index in [1.165, 1.54) is 23.4 Å². The van der Waals surface area contributed by atoms with Gasteiger partial charge < -0.3 is 9.72 Å². The summed E-state index contributed by atoms with van der Waals surface area (Å²) in [5.74, 6) is 0.200. The number of nitrogens with one attached hydrogen (secondary N) is 2. The van der Waals surface area contributed by atoms with Gasteiger partial charge in [0.05, 0.1) is 13.0 Å². The van der Waals surface area contributed by atoms with Crippen molar-refractivity contribution >= 4 is 28.9 Å². The van der Waals surface area contributed by atoms with Crippen LogP contribution in [0.3, 0.4) is 0 Å². The first kappa shape index (κ1) is 14.4. The number of ether oxygens (including phenoxy) is 1. The molecule has 2 aromatic rings. The molecule has 0 aliphatic carbocycles. The average molecular weight is 298 g/mol. The maximum Gasteiger partial charge on any atom is 0.329 e. The number of rotatable bonds is 5. The van der Waals surface area contributed by atoms with E-state index in [9.17, 15) is 14.4 Å². The molecule has 20 heavy (non-hydrogen) atoms. The van der Waals surface area contributed by atoms with Gasteiger partial charge in [-0.15, -0.1) is 0 Å². The first-order valence-corrected chi connectivity index (χ1v) is 6.99. The third kappa shape index (κ3) is 2.93. The second kappa shape index (κ2) is 5.95. The number of nitrogens with zero attached hydrogens (tertiary/aromatic N) is 2. The molecule has 2 N–H and O–H groups in total. The summed E-state index contributed by atoms with van der Waals surface area (Å²) in [5.41, 5.74) is -0.493. The predicted octanol–water partition coefficient (Wildman–Crippen LogP) is -0.00480. The molecule has 0 spiro atoms. The van der Waals surface area contributed by atoms with Gasteiger partial charge in [-0.2, -0.15) is 0 Å². The molecule has 0 saturated heterocycles. The van der Waals surface area contributed by atoms with Gasteiger partial charge in [0, 0.05) is 12.8 Å². The van der Waals surface area contributed by atoms with E-state index in [4.69, 9.17) is 4.74 Å². The Morgan fingerprint density at radius 3 is 2.85 bits per heavy atom. The molecule has 108 valence electrons. The highest BCUT2D eigenvalue weighted by molar-refractivity contribution is 7.99. The number of carbonyl (C=O) groups excluding carboxylic acids is 1. The zero-order valence-corrected chi connectivity index (χ0v) is 11.9. The Hall–Kier alpha value is -2.03. The highest BCUT2D eigenvalue weighted by Crippen LogP contribution is 2.17. The number of carbonyl (C=O) groups is 1. The zero-order valence-electron chi connectivity index (χ0n) is 11.1. The van der Waals surface area contributed by atoms with Gasteiger partial charge in [0.15, 0.2) is 16.3 Å². The fourth-order valence-electron chi connectivity index (χ4n) is 1.62. The lowest BCUT2D eigenvalue weighted by molar-refractivity contribution is -0.142. The Morgan fingerprint density at radius 2 is 2.15 bits per heavy atom. The van der Waals surface area contributed by atoms with E-state index in [1.54, 1.807) is 6.92 Å². The number of hydrogen-bond acceptors (Lipinski definition) is 6. The first-order chi connectivity index (χ1) is 9.52. The van der Waals surface area contributed by atoms with Crippen molar-refractivity contribution in [3.05, 3.63) is 20.8 Å². The summed E-state index contributed by atoms with van der Waals surface area (Å²) >= 11 is 1.29. The molecule has 0 bridgehead atoms. The van der Waals surface area contributed by atoms with Crippen molar-refractivity contribution in [3.8, 4) is 0 Å². The van der Waals surface area contributed by atoms with Crippen LogP contribution >= 0.6 is 11.8 Å². The second-order valence-electron chi connectivity index (χ2n) is 3.96. The summed E-state index contributed by atoms with van der Waals surface area (Å²) < 4.78 is 6.06. The molecule has 2 heterocycles. The van der Waals surface area contributed by atoms with Gasteiger partial charge in [0.1, 0.15) is 0 Å². The van der Waals surface area contributed by atoms with Gasteiger partial charge in [-0.05, 0) is 6.92 Å². The molecular weight excluding hydrogens is 284 g/mol. The minimum Gasteiger partial charge on any atom is -0.466 e. The molecular formula is C11H14N4O4S.